The van der Waals surface area contributed by atoms with Crippen molar-refractivity contribution in [1.82, 2.24) is 19.7 Å². The zero-order chi connectivity index (χ0) is 21.8. The van der Waals surface area contributed by atoms with Crippen LogP contribution in [0, 0.1) is 12.8 Å². The van der Waals surface area contributed by atoms with Gasteiger partial charge in [0.15, 0.2) is 5.16 Å². The molecule has 1 fully saturated rings. The molecule has 1 unspecified atom stereocenters. The highest BCUT2D eigenvalue weighted by Crippen LogP contribution is 2.36. The second-order valence-electron chi connectivity index (χ2n) is 7.94. The highest BCUT2D eigenvalue weighted by molar-refractivity contribution is 7.99. The number of benzene rings is 2. The Bertz CT molecular complexity index is 1020. The highest BCUT2D eigenvalue weighted by atomic mass is 32.2. The lowest BCUT2D eigenvalue weighted by Crippen LogP contribution is -2.40. The van der Waals surface area contributed by atoms with Crippen LogP contribution in [0.15, 0.2) is 59.8 Å². The molecule has 1 atom stereocenters. The molecule has 1 aliphatic rings. The largest absolute Gasteiger partial charge is 0.497 e. The Morgan fingerprint density at radius 1 is 1.16 bits per heavy atom. The Balaban J connectivity index is 1.48. The van der Waals surface area contributed by atoms with E-state index in [-0.39, 0.29) is 11.9 Å². The predicted molar refractivity (Wildman–Crippen MR) is 123 cm³/mol. The number of hydrogen-bond acceptors (Lipinski definition) is 5. The topological polar surface area (TPSA) is 60.2 Å². The van der Waals surface area contributed by atoms with Crippen molar-refractivity contribution in [3.05, 3.63) is 66.0 Å². The first kappa shape index (κ1) is 21.4. The lowest BCUT2D eigenvalue weighted by molar-refractivity contribution is -0.131. The number of aryl methyl sites for hydroxylation is 1. The summed E-state index contributed by atoms with van der Waals surface area (Å²) < 4.78 is 7.23. The summed E-state index contributed by atoms with van der Waals surface area (Å²) in [5.41, 5.74) is 2.11. The summed E-state index contributed by atoms with van der Waals surface area (Å²) in [6.07, 6.45) is 2.41. The SMILES string of the molecule is COc1ccc(-n2c(C)nnc2SCC(=O)N(Cc2ccccc2)C(C)C2CC2)cc1. The number of thioether (sulfide) groups is 1. The zero-order valence-electron chi connectivity index (χ0n) is 18.2. The number of methoxy groups -OCH3 is 1. The minimum absolute atomic E-state index is 0.134. The van der Waals surface area contributed by atoms with E-state index in [0.717, 1.165) is 28.0 Å². The summed E-state index contributed by atoms with van der Waals surface area (Å²) >= 11 is 1.44. The molecule has 0 radical (unpaired) electrons. The molecule has 1 aromatic heterocycles. The van der Waals surface area contributed by atoms with Crippen LogP contribution in [0.1, 0.15) is 31.2 Å². The first-order chi connectivity index (χ1) is 15.1. The Labute approximate surface area is 187 Å². The number of aromatic nitrogens is 3. The third-order valence-electron chi connectivity index (χ3n) is 5.76. The van der Waals surface area contributed by atoms with E-state index in [4.69, 9.17) is 4.74 Å². The monoisotopic (exact) mass is 436 g/mol. The van der Waals surface area contributed by atoms with Crippen molar-refractivity contribution in [3.8, 4) is 11.4 Å². The van der Waals surface area contributed by atoms with E-state index in [0.29, 0.717) is 18.2 Å². The fraction of sp³-hybridized carbons (Fsp3) is 0.375. The summed E-state index contributed by atoms with van der Waals surface area (Å²) in [5.74, 6) is 2.66. The third-order valence-corrected chi connectivity index (χ3v) is 6.68. The van der Waals surface area contributed by atoms with Gasteiger partial charge in [-0.2, -0.15) is 0 Å². The van der Waals surface area contributed by atoms with Crippen molar-refractivity contribution in [2.24, 2.45) is 5.92 Å². The summed E-state index contributed by atoms with van der Waals surface area (Å²) in [7, 11) is 1.65. The van der Waals surface area contributed by atoms with Gasteiger partial charge in [-0.1, -0.05) is 42.1 Å². The van der Waals surface area contributed by atoms with Crippen molar-refractivity contribution in [3.63, 3.8) is 0 Å². The summed E-state index contributed by atoms with van der Waals surface area (Å²) in [5, 5.41) is 9.27. The third kappa shape index (κ3) is 5.10. The molecule has 6 nitrogen and oxygen atoms in total. The maximum Gasteiger partial charge on any atom is 0.233 e. The minimum Gasteiger partial charge on any atom is -0.497 e. The molecular weight excluding hydrogens is 408 g/mol. The second kappa shape index (κ2) is 9.56. The molecule has 31 heavy (non-hydrogen) atoms. The minimum atomic E-state index is 0.134. The van der Waals surface area contributed by atoms with E-state index in [1.165, 1.54) is 24.6 Å². The fourth-order valence-corrected chi connectivity index (χ4v) is 4.63. The molecule has 0 spiro atoms. The molecule has 0 bridgehead atoms. The van der Waals surface area contributed by atoms with Gasteiger partial charge in [0.25, 0.3) is 0 Å². The van der Waals surface area contributed by atoms with Crippen molar-refractivity contribution >= 4 is 17.7 Å². The van der Waals surface area contributed by atoms with Gasteiger partial charge in [0.1, 0.15) is 11.6 Å². The number of amides is 1. The lowest BCUT2D eigenvalue weighted by atomic mass is 10.1. The quantitative estimate of drug-likeness (QED) is 0.462. The van der Waals surface area contributed by atoms with Crippen molar-refractivity contribution in [2.45, 2.75) is 44.4 Å². The Morgan fingerprint density at radius 3 is 2.52 bits per heavy atom. The molecule has 2 aromatic carbocycles. The Kier molecular flexibility index (Phi) is 6.61. The number of nitrogens with zero attached hydrogens (tertiary/aromatic N) is 4. The van der Waals surface area contributed by atoms with Crippen LogP contribution in [-0.4, -0.2) is 44.5 Å². The van der Waals surface area contributed by atoms with E-state index >= 15 is 0 Å². The molecule has 7 heteroatoms. The van der Waals surface area contributed by atoms with Gasteiger partial charge in [-0.05, 0) is 62.4 Å². The van der Waals surface area contributed by atoms with E-state index in [2.05, 4.69) is 29.3 Å². The van der Waals surface area contributed by atoms with Crippen molar-refractivity contribution < 1.29 is 9.53 Å². The molecule has 3 aromatic rings. The number of ether oxygens (including phenoxy) is 1. The molecule has 0 saturated heterocycles. The van der Waals surface area contributed by atoms with Gasteiger partial charge < -0.3 is 9.64 Å². The van der Waals surface area contributed by atoms with Gasteiger partial charge in [-0.25, -0.2) is 0 Å². The maximum absolute atomic E-state index is 13.3. The van der Waals surface area contributed by atoms with Crippen LogP contribution < -0.4 is 4.74 Å². The van der Waals surface area contributed by atoms with Gasteiger partial charge in [0.05, 0.1) is 12.9 Å². The first-order valence-electron chi connectivity index (χ1n) is 10.6. The zero-order valence-corrected chi connectivity index (χ0v) is 19.0. The molecule has 1 heterocycles. The predicted octanol–water partition coefficient (Wildman–Crippen LogP) is 4.50. The van der Waals surface area contributed by atoms with Crippen LogP contribution in [0.5, 0.6) is 5.75 Å². The molecule has 4 rings (SSSR count). The maximum atomic E-state index is 13.3. The first-order valence-corrected chi connectivity index (χ1v) is 11.6. The number of rotatable bonds is 9. The average Bonchev–Trinajstić information content (AvgIpc) is 3.59. The number of hydrogen-bond donors (Lipinski definition) is 0. The second-order valence-corrected chi connectivity index (χ2v) is 8.88. The van der Waals surface area contributed by atoms with Gasteiger partial charge in [0.2, 0.25) is 5.91 Å². The molecule has 0 N–H and O–H groups in total. The highest BCUT2D eigenvalue weighted by Gasteiger charge is 2.34. The van der Waals surface area contributed by atoms with Crippen LogP contribution in [-0.2, 0) is 11.3 Å². The number of carbonyl (C=O) groups is 1. The van der Waals surface area contributed by atoms with Crippen molar-refractivity contribution in [2.75, 3.05) is 12.9 Å². The average molecular weight is 437 g/mol. The molecule has 1 aliphatic carbocycles. The molecule has 1 amide bonds. The molecule has 162 valence electrons. The van der Waals surface area contributed by atoms with E-state index in [1.54, 1.807) is 7.11 Å². The smallest absolute Gasteiger partial charge is 0.233 e. The normalized spacial score (nSPS) is 14.3. The van der Waals surface area contributed by atoms with Crippen LogP contribution in [0.25, 0.3) is 5.69 Å². The summed E-state index contributed by atoms with van der Waals surface area (Å²) in [6, 6.07) is 18.2. The van der Waals surface area contributed by atoms with Crippen molar-refractivity contribution in [1.29, 1.82) is 0 Å². The Morgan fingerprint density at radius 2 is 1.87 bits per heavy atom. The van der Waals surface area contributed by atoms with Crippen LogP contribution in [0.3, 0.4) is 0 Å². The molecule has 1 saturated carbocycles. The van der Waals surface area contributed by atoms with Gasteiger partial charge in [-0.15, -0.1) is 10.2 Å². The Hall–Kier alpha value is -2.80. The summed E-state index contributed by atoms with van der Waals surface area (Å²) in [6.45, 7) is 4.73. The van der Waals surface area contributed by atoms with Crippen LogP contribution in [0.4, 0.5) is 0 Å². The fourth-order valence-electron chi connectivity index (χ4n) is 3.75. The molecular formula is C24H28N4O2S. The van der Waals surface area contributed by atoms with E-state index < -0.39 is 0 Å². The van der Waals surface area contributed by atoms with Crippen LogP contribution >= 0.6 is 11.8 Å². The van der Waals surface area contributed by atoms with Crippen LogP contribution in [0.2, 0.25) is 0 Å². The number of carbonyl (C=O) groups excluding carboxylic acids is 1. The summed E-state index contributed by atoms with van der Waals surface area (Å²) in [4.78, 5) is 15.3. The van der Waals surface area contributed by atoms with Gasteiger partial charge >= 0.3 is 0 Å². The molecule has 0 aliphatic heterocycles. The lowest BCUT2D eigenvalue weighted by Gasteiger charge is -2.29. The van der Waals surface area contributed by atoms with E-state index in [9.17, 15) is 4.79 Å². The standard InChI is InChI=1S/C24H28N4O2S/c1-17(20-9-10-20)27(15-19-7-5-4-6-8-19)23(29)16-31-24-26-25-18(2)28(24)21-11-13-22(30-3)14-12-21/h4-8,11-14,17,20H,9-10,15-16H2,1-3H3. The van der Waals surface area contributed by atoms with E-state index in [1.807, 2.05) is 58.9 Å². The van der Waals surface area contributed by atoms with Gasteiger partial charge in [-0.3, -0.25) is 9.36 Å². The van der Waals surface area contributed by atoms with Gasteiger partial charge in [0, 0.05) is 18.3 Å².